The van der Waals surface area contributed by atoms with E-state index in [1.54, 1.807) is 0 Å². The van der Waals surface area contributed by atoms with Gasteiger partial charge in [0.1, 0.15) is 7.66 Å². The van der Waals surface area contributed by atoms with Crippen molar-refractivity contribution in [3.63, 3.8) is 0 Å². The third-order valence-electron chi connectivity index (χ3n) is 0.669. The van der Waals surface area contributed by atoms with E-state index in [-0.39, 0.29) is 25.2 Å². The van der Waals surface area contributed by atoms with Crippen molar-refractivity contribution in [2.75, 3.05) is 0 Å². The first-order chi connectivity index (χ1) is 5.16. The lowest BCUT2D eigenvalue weighted by Gasteiger charge is -1.87. The fraction of sp³-hybridized carbons (Fsp3) is 0.200. The molecule has 0 unspecified atom stereocenters. The molecule has 0 aliphatic rings. The number of hydrogen-bond acceptors (Lipinski definition) is 2. The highest BCUT2D eigenvalue weighted by atomic mass is 16.1. The molecule has 0 fully saturated rings. The van der Waals surface area contributed by atoms with Gasteiger partial charge < -0.3 is 9.36 Å². The van der Waals surface area contributed by atoms with Crippen LogP contribution in [-0.4, -0.2) is 15.8 Å². The van der Waals surface area contributed by atoms with Crippen molar-refractivity contribution in [3.8, 4) is 0 Å². The maximum absolute atomic E-state index is 10.0. The highest BCUT2D eigenvalue weighted by Gasteiger charge is 1.81. The van der Waals surface area contributed by atoms with Gasteiger partial charge in [-0.25, -0.2) is 4.98 Å². The van der Waals surface area contributed by atoms with Gasteiger partial charge in [0, 0.05) is 12.3 Å². The lowest BCUT2D eigenvalue weighted by Crippen LogP contribution is -1.93. The zero-order valence-corrected chi connectivity index (χ0v) is 4.09. The second-order valence-corrected chi connectivity index (χ2v) is 1.21. The van der Waals surface area contributed by atoms with Crippen molar-refractivity contribution < 1.29 is 8.91 Å². The van der Waals surface area contributed by atoms with Crippen LogP contribution in [0.1, 0.15) is 4.11 Å². The first kappa shape index (κ1) is 2.44. The highest BCUT2D eigenvalue weighted by Crippen LogP contribution is 1.80. The van der Waals surface area contributed by atoms with Crippen LogP contribution in [0.3, 0.4) is 0 Å². The maximum atomic E-state index is 10.0. The summed E-state index contributed by atoms with van der Waals surface area (Å²) in [6.45, 7) is -0.0798. The molecule has 1 aromatic heterocycles. The molecule has 0 spiro atoms. The number of nitrogens with zero attached hydrogens (tertiary/aromatic N) is 2. The SMILES string of the molecule is [2H]c1nc([2H])n(CC=O)c1[2H]. The van der Waals surface area contributed by atoms with E-state index in [9.17, 15) is 4.79 Å². The summed E-state index contributed by atoms with van der Waals surface area (Å²) >= 11 is 0. The van der Waals surface area contributed by atoms with Crippen molar-refractivity contribution >= 4 is 6.29 Å². The van der Waals surface area contributed by atoms with Gasteiger partial charge in [0.2, 0.25) is 0 Å². The second kappa shape index (κ2) is 2.26. The van der Waals surface area contributed by atoms with Gasteiger partial charge in [-0.3, -0.25) is 0 Å². The lowest BCUT2D eigenvalue weighted by atomic mass is 10.7. The molecule has 0 saturated heterocycles. The molecule has 0 aliphatic carbocycles. The van der Waals surface area contributed by atoms with Gasteiger partial charge in [0.15, 0.2) is 0 Å². The minimum absolute atomic E-state index is 0.0798. The number of carbonyl (C=O) groups excluding carboxylic acids is 1. The summed E-state index contributed by atoms with van der Waals surface area (Å²) in [4.78, 5) is 13.4. The van der Waals surface area contributed by atoms with E-state index in [1.165, 1.54) is 0 Å². The summed E-state index contributed by atoms with van der Waals surface area (Å²) in [5, 5.41) is 0. The molecule has 0 atom stereocenters. The van der Waals surface area contributed by atoms with Crippen LogP contribution in [0.15, 0.2) is 18.6 Å². The zero-order valence-electron chi connectivity index (χ0n) is 7.09. The molecule has 0 saturated carbocycles. The number of aldehydes is 1. The Balaban J connectivity index is 3.11. The fourth-order valence-corrected chi connectivity index (χ4v) is 0.357. The van der Waals surface area contributed by atoms with Gasteiger partial charge in [-0.05, 0) is 0 Å². The van der Waals surface area contributed by atoms with Crippen molar-refractivity contribution in [2.24, 2.45) is 0 Å². The van der Waals surface area contributed by atoms with Crippen molar-refractivity contribution in [2.45, 2.75) is 6.54 Å². The van der Waals surface area contributed by atoms with Crippen LogP contribution < -0.4 is 0 Å². The van der Waals surface area contributed by atoms with Crippen LogP contribution in [0.25, 0.3) is 0 Å². The largest absolute Gasteiger partial charge is 0.330 e. The zero-order chi connectivity index (χ0) is 8.43. The molecule has 3 nitrogen and oxygen atoms in total. The Hall–Kier alpha value is -1.12. The van der Waals surface area contributed by atoms with E-state index in [2.05, 4.69) is 4.98 Å². The third-order valence-corrected chi connectivity index (χ3v) is 0.669. The van der Waals surface area contributed by atoms with Crippen LogP contribution in [0.5, 0.6) is 0 Å². The summed E-state index contributed by atoms with van der Waals surface area (Å²) < 4.78 is 22.3. The quantitative estimate of drug-likeness (QED) is 0.509. The second-order valence-electron chi connectivity index (χ2n) is 1.21. The Kier molecular flexibility index (Phi) is 0.687. The summed E-state index contributed by atoms with van der Waals surface area (Å²) in [5.74, 6) is 0. The molecule has 0 bridgehead atoms. The smallest absolute Gasteiger partial charge is 0.139 e. The topological polar surface area (TPSA) is 34.9 Å². The monoisotopic (exact) mass is 113 g/mol. The highest BCUT2D eigenvalue weighted by molar-refractivity contribution is 5.48. The molecule has 0 amide bonds. The molecule has 1 rings (SSSR count). The minimum Gasteiger partial charge on any atom is -0.330 e. The number of imidazole rings is 1. The normalized spacial score (nSPS) is 14.2. The predicted molar refractivity (Wildman–Crippen MR) is 28.3 cm³/mol. The van der Waals surface area contributed by atoms with Gasteiger partial charge in [-0.1, -0.05) is 0 Å². The maximum Gasteiger partial charge on any atom is 0.139 e. The molecule has 0 radical (unpaired) electrons. The van der Waals surface area contributed by atoms with Crippen LogP contribution in [0.2, 0.25) is 0 Å². The molecule has 3 heteroatoms. The number of hydrogen-bond donors (Lipinski definition) is 0. The number of aromatic nitrogens is 2. The van der Waals surface area contributed by atoms with Gasteiger partial charge in [-0.15, -0.1) is 0 Å². The molecule has 0 aliphatic heterocycles. The van der Waals surface area contributed by atoms with Crippen molar-refractivity contribution in [1.82, 2.24) is 9.55 Å². The van der Waals surface area contributed by atoms with Crippen molar-refractivity contribution in [3.05, 3.63) is 18.6 Å². The molecule has 8 heavy (non-hydrogen) atoms. The first-order valence-electron chi connectivity index (χ1n) is 3.60. The van der Waals surface area contributed by atoms with Gasteiger partial charge in [-0.2, -0.15) is 0 Å². The Morgan fingerprint density at radius 3 is 3.38 bits per heavy atom. The van der Waals surface area contributed by atoms with Crippen LogP contribution in [0.4, 0.5) is 0 Å². The molecule has 1 aromatic rings. The van der Waals surface area contributed by atoms with E-state index in [0.717, 1.165) is 4.57 Å². The summed E-state index contributed by atoms with van der Waals surface area (Å²) in [7, 11) is 0. The van der Waals surface area contributed by atoms with Crippen LogP contribution in [0, 0.1) is 0 Å². The number of carbonyl (C=O) groups is 1. The minimum atomic E-state index is -0.267. The number of rotatable bonds is 2. The summed E-state index contributed by atoms with van der Waals surface area (Å²) in [6.07, 6.45) is -0.108. The van der Waals surface area contributed by atoms with Gasteiger partial charge in [0.05, 0.1) is 15.6 Å². The molecule has 0 N–H and O–H groups in total. The van der Waals surface area contributed by atoms with Gasteiger partial charge in [0.25, 0.3) is 0 Å². The standard InChI is InChI=1S/C5H6N2O/c8-4-3-7-2-1-6-5-7/h1-2,4-5H,3H2/i1D,2D,5D. The van der Waals surface area contributed by atoms with Gasteiger partial charge >= 0.3 is 0 Å². The van der Waals surface area contributed by atoms with E-state index in [1.807, 2.05) is 0 Å². The van der Waals surface area contributed by atoms with Crippen molar-refractivity contribution in [1.29, 1.82) is 0 Å². The van der Waals surface area contributed by atoms with E-state index in [4.69, 9.17) is 4.11 Å². The van der Waals surface area contributed by atoms with E-state index < -0.39 is 0 Å². The average molecular weight is 113 g/mol. The molecule has 42 valence electrons. The van der Waals surface area contributed by atoms with Crippen LogP contribution in [-0.2, 0) is 11.3 Å². The Bertz CT molecular complexity index is 284. The average Bonchev–Trinajstić information content (AvgIpc) is 2.17. The molecular weight excluding hydrogens is 104 g/mol. The summed E-state index contributed by atoms with van der Waals surface area (Å²) in [5.41, 5.74) is 0. The molecular formula is C5H6N2O. The molecule has 1 heterocycles. The third kappa shape index (κ3) is 0.932. The molecule has 0 aromatic carbocycles. The van der Waals surface area contributed by atoms with E-state index in [0.29, 0.717) is 6.29 Å². The lowest BCUT2D eigenvalue weighted by molar-refractivity contribution is -0.108. The Morgan fingerprint density at radius 1 is 2.00 bits per heavy atom. The fourth-order valence-electron chi connectivity index (χ4n) is 0.357. The first-order valence-corrected chi connectivity index (χ1v) is 2.10. The predicted octanol–water partition coefficient (Wildman–Crippen LogP) is 0.0820. The van der Waals surface area contributed by atoms with Crippen LogP contribution >= 0.6 is 0 Å². The Labute approximate surface area is 51.2 Å². The van der Waals surface area contributed by atoms with E-state index >= 15 is 0 Å². The summed E-state index contributed by atoms with van der Waals surface area (Å²) in [6, 6.07) is 0. The Morgan fingerprint density at radius 2 is 2.88 bits per heavy atom.